The van der Waals surface area contributed by atoms with E-state index in [4.69, 9.17) is 17.2 Å². The minimum atomic E-state index is -0.0806. The highest BCUT2D eigenvalue weighted by Crippen LogP contribution is 2.27. The van der Waals surface area contributed by atoms with Gasteiger partial charge in [-0.1, -0.05) is 0 Å². The summed E-state index contributed by atoms with van der Waals surface area (Å²) in [6.07, 6.45) is 0.586. The number of nitrogens with one attached hydrogen (secondary N) is 1. The molecule has 27 heavy (non-hydrogen) atoms. The van der Waals surface area contributed by atoms with Crippen LogP contribution >= 0.6 is 0 Å². The maximum Gasteiger partial charge on any atom is 0.153 e. The van der Waals surface area contributed by atoms with Gasteiger partial charge in [0.25, 0.3) is 0 Å². The van der Waals surface area contributed by atoms with Crippen LogP contribution in [-0.4, -0.2) is 28.4 Å². The molecular weight excluding hydrogens is 346 g/mol. The van der Waals surface area contributed by atoms with Crippen molar-refractivity contribution in [3.05, 3.63) is 48.0 Å². The Morgan fingerprint density at radius 3 is 2.30 bits per heavy atom. The molecular formula is C18H19N7O2. The molecule has 138 valence electrons. The van der Waals surface area contributed by atoms with Crippen LogP contribution in [0.15, 0.2) is 42.5 Å². The van der Waals surface area contributed by atoms with Crippen LogP contribution in [0.5, 0.6) is 5.75 Å². The average Bonchev–Trinajstić information content (AvgIpc) is 2.66. The lowest BCUT2D eigenvalue weighted by molar-refractivity contribution is 0.112. The number of hydrazine groups is 1. The molecule has 0 saturated carbocycles. The van der Waals surface area contributed by atoms with E-state index in [2.05, 4.69) is 15.4 Å². The number of nitrogen functional groups attached to an aromatic ring is 3. The number of hydrogen-bond acceptors (Lipinski definition) is 9. The topological polar surface area (TPSA) is 156 Å². The molecule has 0 aliphatic carbocycles. The van der Waals surface area contributed by atoms with E-state index in [1.54, 1.807) is 48.5 Å². The lowest BCUT2D eigenvalue weighted by atomic mass is 10.2. The molecule has 0 bridgehead atoms. The number of phenolic OH excluding ortho intramolecular Hbond substituents is 1. The Morgan fingerprint density at radius 2 is 1.67 bits per heavy atom. The molecule has 3 rings (SSSR count). The number of hydrogen-bond donors (Lipinski definition) is 5. The Labute approximate surface area is 155 Å². The summed E-state index contributed by atoms with van der Waals surface area (Å²) in [5, 5.41) is 11.3. The van der Waals surface area contributed by atoms with E-state index in [1.807, 2.05) is 0 Å². The van der Waals surface area contributed by atoms with Crippen molar-refractivity contribution in [1.82, 2.24) is 9.97 Å². The van der Waals surface area contributed by atoms with Gasteiger partial charge in [0, 0.05) is 7.05 Å². The van der Waals surface area contributed by atoms with Gasteiger partial charge in [-0.25, -0.2) is 9.97 Å². The maximum atomic E-state index is 11.0. The molecule has 0 atom stereocenters. The number of benzene rings is 1. The van der Waals surface area contributed by atoms with Gasteiger partial charge in [0.15, 0.2) is 6.29 Å². The molecule has 0 aliphatic rings. The molecule has 2 heterocycles. The number of pyridine rings is 2. The third-order valence-corrected chi connectivity index (χ3v) is 3.96. The summed E-state index contributed by atoms with van der Waals surface area (Å²) < 4.78 is 0. The number of aromatic hydroxyl groups is 1. The highest BCUT2D eigenvalue weighted by Gasteiger charge is 2.10. The van der Waals surface area contributed by atoms with Crippen molar-refractivity contribution in [3.8, 4) is 17.1 Å². The third kappa shape index (κ3) is 3.66. The molecule has 0 amide bonds. The molecule has 0 saturated heterocycles. The first kappa shape index (κ1) is 17.8. The fourth-order valence-electron chi connectivity index (χ4n) is 2.43. The molecule has 3 aromatic rings. The van der Waals surface area contributed by atoms with Gasteiger partial charge in [-0.3, -0.25) is 15.2 Å². The van der Waals surface area contributed by atoms with Crippen molar-refractivity contribution in [2.24, 2.45) is 0 Å². The van der Waals surface area contributed by atoms with Crippen LogP contribution in [0, 0.1) is 0 Å². The largest absolute Gasteiger partial charge is 0.507 e. The van der Waals surface area contributed by atoms with Crippen molar-refractivity contribution in [2.75, 3.05) is 34.7 Å². The van der Waals surface area contributed by atoms with E-state index in [0.29, 0.717) is 34.7 Å². The molecule has 0 aliphatic heterocycles. The van der Waals surface area contributed by atoms with Crippen LogP contribution in [-0.2, 0) is 0 Å². The monoisotopic (exact) mass is 365 g/mol. The Bertz CT molecular complexity index is 1010. The van der Waals surface area contributed by atoms with Crippen LogP contribution in [0.4, 0.5) is 28.7 Å². The van der Waals surface area contributed by atoms with E-state index in [9.17, 15) is 9.90 Å². The SMILES string of the molecule is CN(Nc1ccc(-c2ccc(N)c(N)n2)nc1N)c1ccc(O)c(C=O)c1. The maximum absolute atomic E-state index is 11.0. The first-order chi connectivity index (χ1) is 12.9. The second-order valence-electron chi connectivity index (χ2n) is 5.83. The van der Waals surface area contributed by atoms with E-state index in [0.717, 1.165) is 0 Å². The smallest absolute Gasteiger partial charge is 0.153 e. The predicted octanol–water partition coefficient (Wildman–Crippen LogP) is 1.87. The number of carbonyl (C=O) groups is 1. The Kier molecular flexibility index (Phi) is 4.67. The standard InChI is InChI=1S/C18H19N7O2/c1-25(11-2-7-16(27)10(8-11)9-26)24-15-6-5-14(23-18(15)21)13-4-3-12(19)17(20)22-13/h2-9,24,27H,19H2,1H3,(H2,20,22)(H2,21,23). The normalized spacial score (nSPS) is 10.4. The average molecular weight is 365 g/mol. The number of anilines is 5. The van der Waals surface area contributed by atoms with Crippen LogP contribution < -0.4 is 27.6 Å². The number of nitrogens with two attached hydrogens (primary N) is 3. The summed E-state index contributed by atoms with van der Waals surface area (Å²) in [4.78, 5) is 19.5. The van der Waals surface area contributed by atoms with Crippen molar-refractivity contribution in [3.63, 3.8) is 0 Å². The molecule has 8 N–H and O–H groups in total. The molecule has 2 aromatic heterocycles. The van der Waals surface area contributed by atoms with Crippen molar-refractivity contribution >= 4 is 35.0 Å². The van der Waals surface area contributed by atoms with Gasteiger partial charge in [0.05, 0.1) is 34.0 Å². The van der Waals surface area contributed by atoms with Crippen LogP contribution in [0.1, 0.15) is 10.4 Å². The van der Waals surface area contributed by atoms with Crippen molar-refractivity contribution < 1.29 is 9.90 Å². The Morgan fingerprint density at radius 1 is 1.00 bits per heavy atom. The van der Waals surface area contributed by atoms with Crippen LogP contribution in [0.3, 0.4) is 0 Å². The minimum Gasteiger partial charge on any atom is -0.507 e. The molecule has 0 fully saturated rings. The summed E-state index contributed by atoms with van der Waals surface area (Å²) in [5.41, 5.74) is 23.5. The zero-order chi connectivity index (χ0) is 19.6. The Hall–Kier alpha value is -4.01. The van der Waals surface area contributed by atoms with E-state index in [-0.39, 0.29) is 22.9 Å². The van der Waals surface area contributed by atoms with Gasteiger partial charge < -0.3 is 22.3 Å². The summed E-state index contributed by atoms with van der Waals surface area (Å²) in [6, 6.07) is 11.5. The molecule has 0 radical (unpaired) electrons. The van der Waals surface area contributed by atoms with Crippen molar-refractivity contribution in [2.45, 2.75) is 0 Å². The van der Waals surface area contributed by atoms with Gasteiger partial charge in [0.1, 0.15) is 17.4 Å². The highest BCUT2D eigenvalue weighted by molar-refractivity contribution is 5.82. The zero-order valence-electron chi connectivity index (χ0n) is 14.5. The number of phenols is 1. The fraction of sp³-hybridized carbons (Fsp3) is 0.0556. The number of aromatic nitrogens is 2. The van der Waals surface area contributed by atoms with Crippen LogP contribution in [0.25, 0.3) is 11.4 Å². The molecule has 0 unspecified atom stereocenters. The number of carbonyl (C=O) groups excluding carboxylic acids is 1. The summed E-state index contributed by atoms with van der Waals surface area (Å²) in [6.45, 7) is 0. The second kappa shape index (κ2) is 7.08. The van der Waals surface area contributed by atoms with Gasteiger partial charge in [-0.2, -0.15) is 0 Å². The first-order valence-corrected chi connectivity index (χ1v) is 7.96. The minimum absolute atomic E-state index is 0.0806. The quantitative estimate of drug-likeness (QED) is 0.336. The number of nitrogens with zero attached hydrogens (tertiary/aromatic N) is 3. The number of rotatable bonds is 5. The summed E-state index contributed by atoms with van der Waals surface area (Å²) in [5.74, 6) is 0.405. The van der Waals surface area contributed by atoms with Crippen LogP contribution in [0.2, 0.25) is 0 Å². The van der Waals surface area contributed by atoms with E-state index < -0.39 is 0 Å². The predicted molar refractivity (Wildman–Crippen MR) is 106 cm³/mol. The summed E-state index contributed by atoms with van der Waals surface area (Å²) >= 11 is 0. The lowest BCUT2D eigenvalue weighted by Gasteiger charge is -2.23. The van der Waals surface area contributed by atoms with E-state index >= 15 is 0 Å². The highest BCUT2D eigenvalue weighted by atomic mass is 16.3. The van der Waals surface area contributed by atoms with E-state index in [1.165, 1.54) is 6.07 Å². The van der Waals surface area contributed by atoms with Gasteiger partial charge in [0.2, 0.25) is 0 Å². The lowest BCUT2D eigenvalue weighted by Crippen LogP contribution is -2.25. The fourth-order valence-corrected chi connectivity index (χ4v) is 2.43. The van der Waals surface area contributed by atoms with Gasteiger partial charge >= 0.3 is 0 Å². The van der Waals surface area contributed by atoms with Gasteiger partial charge in [-0.15, -0.1) is 0 Å². The molecule has 1 aromatic carbocycles. The molecule has 0 spiro atoms. The summed E-state index contributed by atoms with van der Waals surface area (Å²) in [7, 11) is 1.75. The molecule has 9 nitrogen and oxygen atoms in total. The Balaban J connectivity index is 1.83. The molecule has 9 heteroatoms. The van der Waals surface area contributed by atoms with Crippen molar-refractivity contribution in [1.29, 1.82) is 0 Å². The van der Waals surface area contributed by atoms with Gasteiger partial charge in [-0.05, 0) is 42.5 Å². The third-order valence-electron chi connectivity index (χ3n) is 3.96. The zero-order valence-corrected chi connectivity index (χ0v) is 14.5. The number of aldehydes is 1. The second-order valence-corrected chi connectivity index (χ2v) is 5.83. The first-order valence-electron chi connectivity index (χ1n) is 7.96.